The molecule has 0 atom stereocenters. The smallest absolute Gasteiger partial charge is 0.407 e. The molecule has 0 aliphatic carbocycles. The van der Waals surface area contributed by atoms with E-state index in [1.54, 1.807) is 32.9 Å². The first-order chi connectivity index (χ1) is 9.70. The van der Waals surface area contributed by atoms with Crippen molar-refractivity contribution >= 4 is 33.4 Å². The fourth-order valence-electron chi connectivity index (χ4n) is 1.51. The van der Waals surface area contributed by atoms with Gasteiger partial charge in [-0.1, -0.05) is 6.07 Å². The summed E-state index contributed by atoms with van der Waals surface area (Å²) in [6.07, 6.45) is -0.522. The number of anilines is 1. The zero-order valence-electron chi connectivity index (χ0n) is 12.1. The first-order valence-corrected chi connectivity index (χ1v) is 7.13. The van der Waals surface area contributed by atoms with Crippen molar-refractivity contribution in [3.05, 3.63) is 32.8 Å². The number of amides is 1. The summed E-state index contributed by atoms with van der Waals surface area (Å²) in [7, 11) is 0. The quantitative estimate of drug-likeness (QED) is 0.477. The Morgan fingerprint density at radius 1 is 1.38 bits per heavy atom. The van der Waals surface area contributed by atoms with Crippen LogP contribution in [0.5, 0.6) is 0 Å². The third-order valence-electron chi connectivity index (χ3n) is 2.28. The van der Waals surface area contributed by atoms with Crippen LogP contribution in [-0.4, -0.2) is 29.7 Å². The van der Waals surface area contributed by atoms with Gasteiger partial charge in [-0.2, -0.15) is 0 Å². The minimum Gasteiger partial charge on any atom is -0.444 e. The van der Waals surface area contributed by atoms with Gasteiger partial charge in [-0.25, -0.2) is 4.79 Å². The number of hydrogen-bond donors (Lipinski definition) is 2. The van der Waals surface area contributed by atoms with E-state index < -0.39 is 16.6 Å². The zero-order valence-corrected chi connectivity index (χ0v) is 13.7. The number of hydrogen-bond acceptors (Lipinski definition) is 5. The van der Waals surface area contributed by atoms with Crippen molar-refractivity contribution in [3.8, 4) is 0 Å². The van der Waals surface area contributed by atoms with E-state index in [9.17, 15) is 14.9 Å². The summed E-state index contributed by atoms with van der Waals surface area (Å²) in [5, 5.41) is 16.4. The Kier molecular flexibility index (Phi) is 5.95. The number of ether oxygens (including phenoxy) is 1. The third-order valence-corrected chi connectivity index (χ3v) is 2.94. The van der Waals surface area contributed by atoms with Crippen LogP contribution in [0.2, 0.25) is 0 Å². The standard InChI is InChI=1S/C13H18BrN3O4/c1-13(2,3)21-12(18)16-8-7-15-11-9(14)5-4-6-10(11)17(19)20/h4-6,15H,7-8H2,1-3H3,(H,16,18). The maximum absolute atomic E-state index is 11.4. The highest BCUT2D eigenvalue weighted by Crippen LogP contribution is 2.31. The molecule has 1 aromatic rings. The van der Waals surface area contributed by atoms with Gasteiger partial charge in [-0.15, -0.1) is 0 Å². The van der Waals surface area contributed by atoms with Gasteiger partial charge in [0.05, 0.1) is 4.92 Å². The van der Waals surface area contributed by atoms with E-state index in [-0.39, 0.29) is 12.2 Å². The van der Waals surface area contributed by atoms with Gasteiger partial charge in [0.25, 0.3) is 5.69 Å². The molecule has 1 aromatic carbocycles. The molecule has 1 amide bonds. The average Bonchev–Trinajstić information content (AvgIpc) is 2.33. The molecule has 0 fully saturated rings. The molecule has 0 aliphatic heterocycles. The van der Waals surface area contributed by atoms with E-state index in [0.29, 0.717) is 16.7 Å². The van der Waals surface area contributed by atoms with Crippen LogP contribution in [0.3, 0.4) is 0 Å². The Bertz CT molecular complexity index is 529. The van der Waals surface area contributed by atoms with Gasteiger partial charge in [0, 0.05) is 23.6 Å². The lowest BCUT2D eigenvalue weighted by Gasteiger charge is -2.19. The lowest BCUT2D eigenvalue weighted by atomic mass is 10.2. The van der Waals surface area contributed by atoms with Crippen molar-refractivity contribution in [2.45, 2.75) is 26.4 Å². The number of carbonyl (C=O) groups is 1. The van der Waals surface area contributed by atoms with Crippen molar-refractivity contribution in [2.75, 3.05) is 18.4 Å². The number of nitro groups is 1. The van der Waals surface area contributed by atoms with Gasteiger partial charge in [-0.3, -0.25) is 10.1 Å². The summed E-state index contributed by atoms with van der Waals surface area (Å²) < 4.78 is 5.67. The summed E-state index contributed by atoms with van der Waals surface area (Å²) in [6, 6.07) is 4.71. The second kappa shape index (κ2) is 7.26. The summed E-state index contributed by atoms with van der Waals surface area (Å²) >= 11 is 3.26. The SMILES string of the molecule is CC(C)(C)OC(=O)NCCNc1c(Br)cccc1[N+](=O)[O-]. The molecule has 21 heavy (non-hydrogen) atoms. The van der Waals surface area contributed by atoms with Gasteiger partial charge in [0.1, 0.15) is 11.3 Å². The van der Waals surface area contributed by atoms with Crippen LogP contribution in [0.1, 0.15) is 20.8 Å². The highest BCUT2D eigenvalue weighted by Gasteiger charge is 2.17. The molecule has 0 unspecified atom stereocenters. The first-order valence-electron chi connectivity index (χ1n) is 6.34. The summed E-state index contributed by atoms with van der Waals surface area (Å²) in [4.78, 5) is 21.9. The molecule has 2 N–H and O–H groups in total. The number of para-hydroxylation sites is 1. The average molecular weight is 360 g/mol. The molecule has 0 aromatic heterocycles. The fraction of sp³-hybridized carbons (Fsp3) is 0.462. The maximum Gasteiger partial charge on any atom is 0.407 e. The lowest BCUT2D eigenvalue weighted by molar-refractivity contribution is -0.384. The molecule has 8 heteroatoms. The van der Waals surface area contributed by atoms with Crippen LogP contribution in [0.25, 0.3) is 0 Å². The van der Waals surface area contributed by atoms with Crippen molar-refractivity contribution < 1.29 is 14.5 Å². The molecule has 0 radical (unpaired) electrons. The second-order valence-electron chi connectivity index (χ2n) is 5.25. The predicted octanol–water partition coefficient (Wildman–Crippen LogP) is 3.29. The van der Waals surface area contributed by atoms with Crippen LogP contribution in [0.4, 0.5) is 16.2 Å². The molecule has 0 bridgehead atoms. The Morgan fingerprint density at radius 3 is 2.62 bits per heavy atom. The number of carbonyl (C=O) groups excluding carboxylic acids is 1. The van der Waals surface area contributed by atoms with E-state index >= 15 is 0 Å². The normalized spacial score (nSPS) is 10.9. The van der Waals surface area contributed by atoms with Crippen molar-refractivity contribution in [1.82, 2.24) is 5.32 Å². The predicted molar refractivity (Wildman–Crippen MR) is 83.5 cm³/mol. The highest BCUT2D eigenvalue weighted by molar-refractivity contribution is 9.10. The Labute approximate surface area is 131 Å². The number of rotatable bonds is 5. The maximum atomic E-state index is 11.4. The van der Waals surface area contributed by atoms with Gasteiger partial charge in [0.15, 0.2) is 0 Å². The molecule has 0 aliphatic rings. The number of nitro benzene ring substituents is 1. The molecule has 7 nitrogen and oxygen atoms in total. The first kappa shape index (κ1) is 17.2. The van der Waals surface area contributed by atoms with Crippen molar-refractivity contribution in [1.29, 1.82) is 0 Å². The number of nitrogens with zero attached hydrogens (tertiary/aromatic N) is 1. The van der Waals surface area contributed by atoms with Gasteiger partial charge in [-0.05, 0) is 42.8 Å². The van der Waals surface area contributed by atoms with E-state index in [1.807, 2.05) is 0 Å². The second-order valence-corrected chi connectivity index (χ2v) is 6.10. The largest absolute Gasteiger partial charge is 0.444 e. The number of alkyl carbamates (subject to hydrolysis) is 1. The van der Waals surface area contributed by atoms with E-state index in [4.69, 9.17) is 4.74 Å². The number of halogens is 1. The molecule has 0 saturated heterocycles. The van der Waals surface area contributed by atoms with E-state index in [2.05, 4.69) is 26.6 Å². The molecule has 116 valence electrons. The van der Waals surface area contributed by atoms with Crippen LogP contribution in [-0.2, 0) is 4.74 Å². The van der Waals surface area contributed by atoms with Gasteiger partial charge >= 0.3 is 6.09 Å². The van der Waals surface area contributed by atoms with Crippen LogP contribution >= 0.6 is 15.9 Å². The fourth-order valence-corrected chi connectivity index (χ4v) is 2.00. The number of benzene rings is 1. The molecule has 0 saturated carbocycles. The molecule has 1 rings (SSSR count). The van der Waals surface area contributed by atoms with Crippen molar-refractivity contribution in [2.24, 2.45) is 0 Å². The molecule has 0 spiro atoms. The van der Waals surface area contributed by atoms with Crippen molar-refractivity contribution in [3.63, 3.8) is 0 Å². The van der Waals surface area contributed by atoms with E-state index in [0.717, 1.165) is 0 Å². The minimum atomic E-state index is -0.557. The minimum absolute atomic E-state index is 0.0263. The summed E-state index contributed by atoms with van der Waals surface area (Å²) in [6.45, 7) is 5.94. The van der Waals surface area contributed by atoms with Crippen LogP contribution in [0.15, 0.2) is 22.7 Å². The summed E-state index contributed by atoms with van der Waals surface area (Å²) in [5.41, 5.74) is -0.200. The van der Waals surface area contributed by atoms with Gasteiger partial charge < -0.3 is 15.4 Å². The highest BCUT2D eigenvalue weighted by atomic mass is 79.9. The molecule has 0 heterocycles. The molecular formula is C13H18BrN3O4. The monoisotopic (exact) mass is 359 g/mol. The lowest BCUT2D eigenvalue weighted by Crippen LogP contribution is -2.35. The molecular weight excluding hydrogens is 342 g/mol. The number of nitrogens with one attached hydrogen (secondary N) is 2. The Morgan fingerprint density at radius 2 is 2.05 bits per heavy atom. The van der Waals surface area contributed by atoms with E-state index in [1.165, 1.54) is 6.07 Å². The van der Waals surface area contributed by atoms with Crippen LogP contribution in [0, 0.1) is 10.1 Å². The zero-order chi connectivity index (χ0) is 16.0. The topological polar surface area (TPSA) is 93.5 Å². The van der Waals surface area contributed by atoms with Crippen LogP contribution < -0.4 is 10.6 Å². The summed E-state index contributed by atoms with van der Waals surface area (Å²) in [5.74, 6) is 0. The van der Waals surface area contributed by atoms with Gasteiger partial charge in [0.2, 0.25) is 0 Å². The third kappa shape index (κ3) is 5.99. The Balaban J connectivity index is 2.50. The Hall–Kier alpha value is -1.83.